The molecule has 5 nitrogen and oxygen atoms in total. The van der Waals surface area contributed by atoms with E-state index in [1.165, 1.54) is 4.90 Å². The van der Waals surface area contributed by atoms with Gasteiger partial charge in [-0.3, -0.25) is 14.5 Å². The van der Waals surface area contributed by atoms with Gasteiger partial charge in [0.25, 0.3) is 5.91 Å². The zero-order valence-corrected chi connectivity index (χ0v) is 15.2. The van der Waals surface area contributed by atoms with Crippen LogP contribution < -0.4 is 4.90 Å². The number of fused-ring (bicyclic) bond motifs is 1. The molecule has 0 bridgehead atoms. The van der Waals surface area contributed by atoms with Crippen LogP contribution in [0.1, 0.15) is 6.92 Å². The first-order valence-electron chi connectivity index (χ1n) is 7.23. The summed E-state index contributed by atoms with van der Waals surface area (Å²) in [4.78, 5) is 28.0. The average molecular weight is 379 g/mol. The molecule has 0 aromatic heterocycles. The fourth-order valence-corrected chi connectivity index (χ4v) is 4.76. The van der Waals surface area contributed by atoms with Crippen molar-refractivity contribution in [1.29, 1.82) is 0 Å². The van der Waals surface area contributed by atoms with E-state index in [9.17, 15) is 9.59 Å². The number of carboxylic acid groups (broad SMARTS) is 1. The number of aliphatic carboxylic acids is 1. The van der Waals surface area contributed by atoms with E-state index in [1.54, 1.807) is 17.8 Å². The maximum Gasteiger partial charge on any atom is 0.323 e. The van der Waals surface area contributed by atoms with Crippen LogP contribution in [0.4, 0.5) is 5.69 Å². The lowest BCUT2D eigenvalue weighted by molar-refractivity contribution is -0.140. The number of allylic oxidation sites excluding steroid dienone is 2. The van der Waals surface area contributed by atoms with Gasteiger partial charge in [-0.1, -0.05) is 47.9 Å². The minimum absolute atomic E-state index is 0.279. The molecule has 2 aliphatic rings. The Bertz CT molecular complexity index is 789. The normalized spacial score (nSPS) is 20.4. The summed E-state index contributed by atoms with van der Waals surface area (Å²) in [6.45, 7) is 2.49. The maximum atomic E-state index is 12.3. The van der Waals surface area contributed by atoms with Gasteiger partial charge in [-0.25, -0.2) is 0 Å². The van der Waals surface area contributed by atoms with Gasteiger partial charge >= 0.3 is 5.97 Å². The molecule has 1 N–H and O–H groups in total. The molecule has 1 amide bonds. The number of para-hydroxylation sites is 1. The number of thioether (sulfide) groups is 2. The monoisotopic (exact) mass is 378 g/mol. The van der Waals surface area contributed by atoms with Crippen LogP contribution in [0.25, 0.3) is 0 Å². The molecular weight excluding hydrogens is 364 g/mol. The highest BCUT2D eigenvalue weighted by Crippen LogP contribution is 2.45. The van der Waals surface area contributed by atoms with Crippen LogP contribution in [0.2, 0.25) is 0 Å². The first-order chi connectivity index (χ1) is 11.5. The molecular formula is C16H14N2O3S3. The molecule has 1 saturated heterocycles. The Hall–Kier alpha value is -1.77. The molecule has 0 unspecified atom stereocenters. The molecule has 1 fully saturated rings. The van der Waals surface area contributed by atoms with Crippen molar-refractivity contribution >= 4 is 57.6 Å². The molecule has 8 heteroatoms. The first kappa shape index (κ1) is 17.1. The Morgan fingerprint density at radius 2 is 2.00 bits per heavy atom. The summed E-state index contributed by atoms with van der Waals surface area (Å²) in [5.74, 6) is -1.43. The highest BCUT2D eigenvalue weighted by Gasteiger charge is 2.33. The van der Waals surface area contributed by atoms with Crippen LogP contribution in [0.3, 0.4) is 0 Å². The molecule has 124 valence electrons. The van der Waals surface area contributed by atoms with Crippen LogP contribution in [-0.2, 0) is 9.59 Å². The second-order valence-corrected chi connectivity index (χ2v) is 7.74. The quantitative estimate of drug-likeness (QED) is 0.637. The molecule has 0 atom stereocenters. The van der Waals surface area contributed by atoms with Crippen molar-refractivity contribution in [3.63, 3.8) is 0 Å². The zero-order chi connectivity index (χ0) is 17.3. The van der Waals surface area contributed by atoms with Gasteiger partial charge in [-0.05, 0) is 31.2 Å². The SMILES string of the molecule is CCN1/C(=C/C=C2/SC(=S)N(CC(=O)O)C2=O)Sc2ccccc21. The molecule has 2 heterocycles. The Balaban J connectivity index is 1.83. The number of carboxylic acids is 1. The fraction of sp³-hybridized carbons (Fsp3) is 0.188. The fourth-order valence-electron chi connectivity index (χ4n) is 2.44. The summed E-state index contributed by atoms with van der Waals surface area (Å²) in [7, 11) is 0. The van der Waals surface area contributed by atoms with E-state index in [1.807, 2.05) is 18.2 Å². The molecule has 3 rings (SSSR count). The minimum atomic E-state index is -1.08. The second-order valence-electron chi connectivity index (χ2n) is 5.00. The minimum Gasteiger partial charge on any atom is -0.480 e. The highest BCUT2D eigenvalue weighted by atomic mass is 32.2. The Morgan fingerprint density at radius 1 is 1.25 bits per heavy atom. The first-order valence-corrected chi connectivity index (χ1v) is 9.27. The van der Waals surface area contributed by atoms with Crippen LogP contribution >= 0.6 is 35.7 Å². The topological polar surface area (TPSA) is 60.9 Å². The standard InChI is InChI=1S/C16H14N2O3S3/c1-2-17-10-5-3-4-6-11(10)23-13(17)8-7-12-15(21)18(9-14(19)20)16(22)24-12/h3-8H,2,9H2,1H3,(H,19,20)/b12-7+,13-8-. The Morgan fingerprint density at radius 3 is 2.71 bits per heavy atom. The van der Waals surface area contributed by atoms with E-state index < -0.39 is 12.5 Å². The third-order valence-electron chi connectivity index (χ3n) is 3.50. The number of nitrogens with zero attached hydrogens (tertiary/aromatic N) is 2. The molecule has 0 spiro atoms. The van der Waals surface area contributed by atoms with Crippen molar-refractivity contribution in [2.45, 2.75) is 11.8 Å². The lowest BCUT2D eigenvalue weighted by Crippen LogP contribution is -2.33. The molecule has 1 aromatic carbocycles. The van der Waals surface area contributed by atoms with Crippen LogP contribution in [0, 0.1) is 0 Å². The molecule has 0 saturated carbocycles. The van der Waals surface area contributed by atoms with Gasteiger partial charge in [0.05, 0.1) is 15.6 Å². The van der Waals surface area contributed by atoms with Gasteiger partial charge in [-0.2, -0.15) is 0 Å². The van der Waals surface area contributed by atoms with Crippen molar-refractivity contribution < 1.29 is 14.7 Å². The summed E-state index contributed by atoms with van der Waals surface area (Å²) >= 11 is 7.87. The third-order valence-corrected chi connectivity index (χ3v) is 6.02. The molecule has 0 aliphatic carbocycles. The van der Waals surface area contributed by atoms with E-state index in [0.29, 0.717) is 4.91 Å². The zero-order valence-electron chi connectivity index (χ0n) is 12.8. The predicted octanol–water partition coefficient (Wildman–Crippen LogP) is 3.29. The predicted molar refractivity (Wildman–Crippen MR) is 101 cm³/mol. The van der Waals surface area contributed by atoms with E-state index >= 15 is 0 Å². The lowest BCUT2D eigenvalue weighted by Gasteiger charge is -2.17. The second kappa shape index (κ2) is 7.00. The molecule has 2 aliphatic heterocycles. The smallest absolute Gasteiger partial charge is 0.323 e. The van der Waals surface area contributed by atoms with Gasteiger partial charge in [0.2, 0.25) is 0 Å². The highest BCUT2D eigenvalue weighted by molar-refractivity contribution is 8.26. The maximum absolute atomic E-state index is 12.3. The lowest BCUT2D eigenvalue weighted by atomic mass is 10.3. The van der Waals surface area contributed by atoms with Crippen molar-refractivity contribution in [2.24, 2.45) is 0 Å². The number of rotatable bonds is 4. The van der Waals surface area contributed by atoms with E-state index in [4.69, 9.17) is 17.3 Å². The van der Waals surface area contributed by atoms with Crippen LogP contribution in [0.15, 0.2) is 51.2 Å². The number of thiocarbonyl (C=S) groups is 1. The summed E-state index contributed by atoms with van der Waals surface area (Å²) in [5.41, 5.74) is 1.16. The van der Waals surface area contributed by atoms with Crippen molar-refractivity contribution in [3.05, 3.63) is 46.4 Å². The van der Waals surface area contributed by atoms with E-state index in [0.717, 1.165) is 33.9 Å². The van der Waals surface area contributed by atoms with Gasteiger partial charge < -0.3 is 10.0 Å². The van der Waals surface area contributed by atoms with Crippen LogP contribution in [-0.4, -0.2) is 39.3 Å². The van der Waals surface area contributed by atoms with Gasteiger partial charge in [0.1, 0.15) is 10.9 Å². The van der Waals surface area contributed by atoms with E-state index in [-0.39, 0.29) is 10.2 Å². The summed E-state index contributed by atoms with van der Waals surface area (Å²) in [6.07, 6.45) is 3.61. The third kappa shape index (κ3) is 3.22. The number of anilines is 1. The summed E-state index contributed by atoms with van der Waals surface area (Å²) in [6, 6.07) is 8.14. The van der Waals surface area contributed by atoms with Crippen molar-refractivity contribution in [2.75, 3.05) is 18.0 Å². The number of carbonyl (C=O) groups is 2. The largest absolute Gasteiger partial charge is 0.480 e. The van der Waals surface area contributed by atoms with Gasteiger partial charge in [0, 0.05) is 11.4 Å². The summed E-state index contributed by atoms with van der Waals surface area (Å²) < 4.78 is 0.279. The number of carbonyl (C=O) groups excluding carboxylic acids is 1. The van der Waals surface area contributed by atoms with Crippen molar-refractivity contribution in [1.82, 2.24) is 4.90 Å². The number of benzene rings is 1. The Kier molecular flexibility index (Phi) is 4.98. The van der Waals surface area contributed by atoms with Gasteiger partial charge in [-0.15, -0.1) is 0 Å². The Labute approximate surface area is 153 Å². The summed E-state index contributed by atoms with van der Waals surface area (Å²) in [5, 5.41) is 9.89. The van der Waals surface area contributed by atoms with E-state index in [2.05, 4.69) is 24.0 Å². The molecule has 1 aromatic rings. The van der Waals surface area contributed by atoms with Gasteiger partial charge in [0.15, 0.2) is 0 Å². The number of amides is 1. The molecule has 0 radical (unpaired) electrons. The number of hydrogen-bond donors (Lipinski definition) is 1. The van der Waals surface area contributed by atoms with Crippen LogP contribution in [0.5, 0.6) is 0 Å². The average Bonchev–Trinajstić information content (AvgIpc) is 3.04. The number of hydrogen-bond acceptors (Lipinski definition) is 6. The van der Waals surface area contributed by atoms with Crippen molar-refractivity contribution in [3.8, 4) is 0 Å². The molecule has 24 heavy (non-hydrogen) atoms.